The molecule has 1 heterocycles. The van der Waals surface area contributed by atoms with Gasteiger partial charge in [-0.15, -0.1) is 0 Å². The summed E-state index contributed by atoms with van der Waals surface area (Å²) in [5.74, 6) is -0.592. The number of rotatable bonds is 6. The SMILES string of the molecule is O=C(CCCCCN1C(=O)NC2(CCCc3ccccc32)C1=O)NO. The fraction of sp³-hybridized carbons (Fsp3) is 0.500. The Balaban J connectivity index is 1.64. The van der Waals surface area contributed by atoms with E-state index in [4.69, 9.17) is 5.21 Å². The van der Waals surface area contributed by atoms with Crippen molar-refractivity contribution in [1.82, 2.24) is 15.7 Å². The molecule has 2 aliphatic rings. The van der Waals surface area contributed by atoms with Gasteiger partial charge in [-0.25, -0.2) is 10.3 Å². The Labute approximate surface area is 146 Å². The van der Waals surface area contributed by atoms with Crippen molar-refractivity contribution in [2.24, 2.45) is 0 Å². The van der Waals surface area contributed by atoms with Crippen molar-refractivity contribution in [3.63, 3.8) is 0 Å². The molecule has 4 amide bonds. The molecular weight excluding hydrogens is 322 g/mol. The molecule has 0 bridgehead atoms. The predicted octanol–water partition coefficient (Wildman–Crippen LogP) is 1.84. The molecule has 3 rings (SSSR count). The molecule has 1 aromatic rings. The van der Waals surface area contributed by atoms with E-state index in [0.717, 1.165) is 24.0 Å². The van der Waals surface area contributed by atoms with Gasteiger partial charge in [-0.2, -0.15) is 0 Å². The number of nitrogens with zero attached hydrogens (tertiary/aromatic N) is 1. The van der Waals surface area contributed by atoms with Crippen molar-refractivity contribution in [2.45, 2.75) is 50.5 Å². The maximum absolute atomic E-state index is 13.0. The summed E-state index contributed by atoms with van der Waals surface area (Å²) in [7, 11) is 0. The Kier molecular flexibility index (Phi) is 5.03. The summed E-state index contributed by atoms with van der Waals surface area (Å²) >= 11 is 0. The van der Waals surface area contributed by atoms with Crippen LogP contribution in [-0.2, 0) is 21.5 Å². The second kappa shape index (κ2) is 7.23. The molecule has 0 radical (unpaired) electrons. The number of carbonyl (C=O) groups is 3. The number of fused-ring (bicyclic) bond motifs is 2. The number of urea groups is 1. The van der Waals surface area contributed by atoms with Crippen molar-refractivity contribution in [3.05, 3.63) is 35.4 Å². The zero-order valence-corrected chi connectivity index (χ0v) is 14.1. The third-order valence-electron chi connectivity index (χ3n) is 5.06. The summed E-state index contributed by atoms with van der Waals surface area (Å²) in [6.45, 7) is 0.343. The molecule has 134 valence electrons. The highest BCUT2D eigenvalue weighted by Crippen LogP contribution is 2.39. The van der Waals surface area contributed by atoms with Gasteiger partial charge in [-0.3, -0.25) is 19.7 Å². The first-order valence-electron chi connectivity index (χ1n) is 8.74. The van der Waals surface area contributed by atoms with Gasteiger partial charge in [0.1, 0.15) is 5.54 Å². The number of hydrogen-bond donors (Lipinski definition) is 3. The first-order chi connectivity index (χ1) is 12.1. The van der Waals surface area contributed by atoms with Gasteiger partial charge in [0.25, 0.3) is 5.91 Å². The minimum absolute atomic E-state index is 0.169. The van der Waals surface area contributed by atoms with Gasteiger partial charge < -0.3 is 5.32 Å². The predicted molar refractivity (Wildman–Crippen MR) is 89.7 cm³/mol. The topological polar surface area (TPSA) is 98.7 Å². The average molecular weight is 345 g/mol. The zero-order valence-electron chi connectivity index (χ0n) is 14.1. The minimum atomic E-state index is -0.914. The number of amides is 4. The van der Waals surface area contributed by atoms with Crippen LogP contribution in [-0.4, -0.2) is 34.5 Å². The van der Waals surface area contributed by atoms with E-state index in [2.05, 4.69) is 5.32 Å². The van der Waals surface area contributed by atoms with Gasteiger partial charge in [0.15, 0.2) is 0 Å². The van der Waals surface area contributed by atoms with Gasteiger partial charge in [0, 0.05) is 13.0 Å². The Morgan fingerprint density at radius 1 is 1.24 bits per heavy atom. The lowest BCUT2D eigenvalue weighted by atomic mass is 9.76. The van der Waals surface area contributed by atoms with Gasteiger partial charge >= 0.3 is 6.03 Å². The van der Waals surface area contributed by atoms with Crippen LogP contribution in [0.4, 0.5) is 4.79 Å². The number of aryl methyl sites for hydroxylation is 1. The number of benzene rings is 1. The molecule has 1 unspecified atom stereocenters. The molecule has 1 spiro atoms. The summed E-state index contributed by atoms with van der Waals surface area (Å²) in [6, 6.07) is 7.48. The standard InChI is InChI=1S/C18H23N3O4/c22-15(20-25)10-2-1-5-12-21-16(23)18(19-17(21)24)11-6-8-13-7-3-4-9-14(13)18/h3-4,7,9,25H,1-2,5-6,8,10-12H2,(H,19,24)(H,20,22). The summed E-state index contributed by atoms with van der Waals surface area (Å²) in [4.78, 5) is 37.7. The lowest BCUT2D eigenvalue weighted by Crippen LogP contribution is -2.46. The van der Waals surface area contributed by atoms with Crippen LogP contribution in [0.3, 0.4) is 0 Å². The number of carbonyl (C=O) groups excluding carboxylic acids is 3. The lowest BCUT2D eigenvalue weighted by molar-refractivity contribution is -0.132. The van der Waals surface area contributed by atoms with Crippen molar-refractivity contribution in [1.29, 1.82) is 0 Å². The highest BCUT2D eigenvalue weighted by Gasteiger charge is 2.53. The average Bonchev–Trinajstić information content (AvgIpc) is 2.86. The maximum atomic E-state index is 13.0. The van der Waals surface area contributed by atoms with E-state index < -0.39 is 11.4 Å². The Morgan fingerprint density at radius 3 is 2.84 bits per heavy atom. The fourth-order valence-electron chi connectivity index (χ4n) is 3.80. The lowest BCUT2D eigenvalue weighted by Gasteiger charge is -2.33. The molecule has 7 heteroatoms. The van der Waals surface area contributed by atoms with Crippen LogP contribution in [0.25, 0.3) is 0 Å². The Morgan fingerprint density at radius 2 is 2.04 bits per heavy atom. The quantitative estimate of drug-likeness (QED) is 0.317. The number of hydroxylamine groups is 1. The Hall–Kier alpha value is -2.41. The van der Waals surface area contributed by atoms with E-state index in [1.165, 1.54) is 4.90 Å². The molecule has 25 heavy (non-hydrogen) atoms. The van der Waals surface area contributed by atoms with Gasteiger partial charge in [0.2, 0.25) is 5.91 Å². The number of nitrogens with one attached hydrogen (secondary N) is 2. The van der Waals surface area contributed by atoms with Crippen LogP contribution in [0.2, 0.25) is 0 Å². The van der Waals surface area contributed by atoms with Crippen LogP contribution in [0.1, 0.15) is 49.7 Å². The van der Waals surface area contributed by atoms with Crippen molar-refractivity contribution in [3.8, 4) is 0 Å². The Bertz CT molecular complexity index is 691. The number of unbranched alkanes of at least 4 members (excludes halogenated alkanes) is 2. The summed E-state index contributed by atoms with van der Waals surface area (Å²) < 4.78 is 0. The van der Waals surface area contributed by atoms with Crippen molar-refractivity contribution < 1.29 is 19.6 Å². The second-order valence-electron chi connectivity index (χ2n) is 6.65. The number of hydrogen-bond acceptors (Lipinski definition) is 4. The van der Waals surface area contributed by atoms with Crippen molar-refractivity contribution >= 4 is 17.8 Å². The minimum Gasteiger partial charge on any atom is -0.319 e. The third-order valence-corrected chi connectivity index (χ3v) is 5.06. The molecule has 1 aliphatic heterocycles. The van der Waals surface area contributed by atoms with Crippen LogP contribution in [0, 0.1) is 0 Å². The zero-order chi connectivity index (χ0) is 17.9. The highest BCUT2D eigenvalue weighted by atomic mass is 16.5. The van der Waals surface area contributed by atoms with E-state index in [1.807, 2.05) is 24.3 Å². The van der Waals surface area contributed by atoms with E-state index in [9.17, 15) is 14.4 Å². The first-order valence-corrected chi connectivity index (χ1v) is 8.74. The molecule has 1 fully saturated rings. The fourth-order valence-corrected chi connectivity index (χ4v) is 3.80. The van der Waals surface area contributed by atoms with Crippen LogP contribution >= 0.6 is 0 Å². The second-order valence-corrected chi connectivity index (χ2v) is 6.65. The molecule has 0 aromatic heterocycles. The molecule has 7 nitrogen and oxygen atoms in total. The third kappa shape index (κ3) is 3.24. The van der Waals surface area contributed by atoms with Gasteiger partial charge in [0.05, 0.1) is 0 Å². The summed E-state index contributed by atoms with van der Waals surface area (Å²) in [5, 5.41) is 11.4. The maximum Gasteiger partial charge on any atom is 0.325 e. The summed E-state index contributed by atoms with van der Waals surface area (Å²) in [6.07, 6.45) is 4.59. The molecule has 1 aliphatic carbocycles. The summed E-state index contributed by atoms with van der Waals surface area (Å²) in [5.41, 5.74) is 2.72. The largest absolute Gasteiger partial charge is 0.325 e. The first kappa shape index (κ1) is 17.4. The monoisotopic (exact) mass is 345 g/mol. The van der Waals surface area contributed by atoms with Gasteiger partial charge in [-0.05, 0) is 43.2 Å². The molecule has 3 N–H and O–H groups in total. The van der Waals surface area contributed by atoms with Gasteiger partial charge in [-0.1, -0.05) is 30.7 Å². The normalized spacial score (nSPS) is 22.0. The van der Waals surface area contributed by atoms with Crippen LogP contribution in [0.15, 0.2) is 24.3 Å². The molecular formula is C18H23N3O4. The van der Waals surface area contributed by atoms with E-state index >= 15 is 0 Å². The molecule has 1 aromatic carbocycles. The van der Waals surface area contributed by atoms with E-state index in [-0.39, 0.29) is 18.4 Å². The molecule has 0 saturated carbocycles. The molecule has 1 saturated heterocycles. The highest BCUT2D eigenvalue weighted by molar-refractivity contribution is 6.07. The van der Waals surface area contributed by atoms with E-state index in [0.29, 0.717) is 32.2 Å². The number of imide groups is 1. The van der Waals surface area contributed by atoms with Crippen LogP contribution in [0.5, 0.6) is 0 Å². The van der Waals surface area contributed by atoms with Crippen molar-refractivity contribution in [2.75, 3.05) is 6.54 Å². The molecule has 1 atom stereocenters. The van der Waals surface area contributed by atoms with Crippen LogP contribution < -0.4 is 10.8 Å². The van der Waals surface area contributed by atoms with E-state index in [1.54, 1.807) is 5.48 Å². The smallest absolute Gasteiger partial charge is 0.319 e.